The predicted molar refractivity (Wildman–Crippen MR) is 127 cm³/mol. The highest BCUT2D eigenvalue weighted by Crippen LogP contribution is 2.34. The number of aromatic hydroxyl groups is 1. The number of phenolic OH excluding ortho intramolecular Hbond substituents is 1. The number of non-ortho nitro benzene ring substituents is 1. The quantitative estimate of drug-likeness (QED) is 0.208. The van der Waals surface area contributed by atoms with Crippen LogP contribution in [-0.2, 0) is 0 Å². The molecule has 0 aromatic heterocycles. The molecule has 0 spiro atoms. The molecule has 0 fully saturated rings. The first-order valence-corrected chi connectivity index (χ1v) is 11.0. The molecule has 31 heavy (non-hydrogen) atoms. The number of nitro benzene ring substituents is 1. The Kier molecular flexibility index (Phi) is 6.16. The summed E-state index contributed by atoms with van der Waals surface area (Å²) in [4.78, 5) is 14.9. The van der Waals surface area contributed by atoms with Gasteiger partial charge in [-0.05, 0) is 29.9 Å². The van der Waals surface area contributed by atoms with Gasteiger partial charge in [-0.3, -0.25) is 15.1 Å². The van der Waals surface area contributed by atoms with E-state index in [0.717, 1.165) is 10.9 Å². The van der Waals surface area contributed by atoms with Crippen molar-refractivity contribution in [2.45, 2.75) is 0 Å². The Hall–Kier alpha value is -3.82. The second kappa shape index (κ2) is 9.33. The zero-order valence-electron chi connectivity index (χ0n) is 16.5. The maximum atomic E-state index is 11.1. The summed E-state index contributed by atoms with van der Waals surface area (Å²) in [5, 5.41) is 24.7. The fourth-order valence-electron chi connectivity index (χ4n) is 3.25. The van der Waals surface area contributed by atoms with Crippen LogP contribution in [0.25, 0.3) is 0 Å². The van der Waals surface area contributed by atoms with Crippen molar-refractivity contribution in [2.24, 2.45) is 4.99 Å². The van der Waals surface area contributed by atoms with Crippen molar-refractivity contribution < 1.29 is 10.0 Å². The summed E-state index contributed by atoms with van der Waals surface area (Å²) in [5.41, 5.74) is 0.939. The van der Waals surface area contributed by atoms with Crippen molar-refractivity contribution in [3.05, 3.63) is 119 Å². The molecule has 0 unspecified atom stereocenters. The minimum Gasteiger partial charge on any atom is -0.506 e. The van der Waals surface area contributed by atoms with Crippen LogP contribution in [0.1, 0.15) is 5.56 Å². The van der Waals surface area contributed by atoms with Gasteiger partial charge in [0.05, 0.1) is 4.92 Å². The molecule has 0 amide bonds. The van der Waals surface area contributed by atoms with Crippen LogP contribution in [0.5, 0.6) is 5.75 Å². The zero-order valence-corrected chi connectivity index (χ0v) is 17.4. The average Bonchev–Trinajstić information content (AvgIpc) is 2.81. The van der Waals surface area contributed by atoms with Crippen molar-refractivity contribution in [1.29, 1.82) is 0 Å². The molecule has 0 aliphatic rings. The fraction of sp³-hybridized carbons (Fsp3) is 0. The SMILES string of the molecule is O=[N+]([O-])c1ccc(O)c(/N=C/c2ccccc2P(c2ccccc2)c2ccccc2)c1. The van der Waals surface area contributed by atoms with E-state index in [1.54, 1.807) is 6.21 Å². The minimum atomic E-state index is -0.833. The summed E-state index contributed by atoms with van der Waals surface area (Å²) in [6, 6.07) is 32.4. The van der Waals surface area contributed by atoms with E-state index in [1.165, 1.54) is 28.8 Å². The van der Waals surface area contributed by atoms with Crippen molar-refractivity contribution in [3.8, 4) is 5.75 Å². The molecule has 0 aliphatic heterocycles. The molecule has 4 rings (SSSR count). The van der Waals surface area contributed by atoms with Crippen molar-refractivity contribution in [1.82, 2.24) is 0 Å². The standard InChI is InChI=1S/C25H19N2O3P/c28-24-16-15-20(27(29)30)17-23(24)26-18-19-9-7-8-14-25(19)31(21-10-3-1-4-11-21)22-12-5-2-6-13-22/h1-18,28H/b26-18+. The number of hydrogen-bond donors (Lipinski definition) is 1. The molecule has 0 atom stereocenters. The largest absolute Gasteiger partial charge is 0.506 e. The number of nitro groups is 1. The smallest absolute Gasteiger partial charge is 0.271 e. The summed E-state index contributed by atoms with van der Waals surface area (Å²) in [7, 11) is -0.833. The number of benzene rings is 4. The molecule has 0 radical (unpaired) electrons. The molecule has 0 heterocycles. The second-order valence-electron chi connectivity index (χ2n) is 6.75. The lowest BCUT2D eigenvalue weighted by molar-refractivity contribution is -0.384. The Balaban J connectivity index is 1.80. The van der Waals surface area contributed by atoms with Crippen molar-refractivity contribution in [2.75, 3.05) is 0 Å². The lowest BCUT2D eigenvalue weighted by Crippen LogP contribution is -2.23. The molecule has 152 valence electrons. The third kappa shape index (κ3) is 4.68. The molecule has 1 N–H and O–H groups in total. The minimum absolute atomic E-state index is 0.104. The topological polar surface area (TPSA) is 75.7 Å². The molecule has 6 heteroatoms. The van der Waals surface area contributed by atoms with Crippen molar-refractivity contribution >= 4 is 41.4 Å². The predicted octanol–water partition coefficient (Wildman–Crippen LogP) is 4.81. The molecule has 0 saturated carbocycles. The summed E-state index contributed by atoms with van der Waals surface area (Å²) in [6.07, 6.45) is 1.66. The Bertz CT molecular complexity index is 1190. The summed E-state index contributed by atoms with van der Waals surface area (Å²) >= 11 is 0. The number of rotatable bonds is 6. The van der Waals surface area contributed by atoms with Gasteiger partial charge in [-0.2, -0.15) is 0 Å². The third-order valence-electron chi connectivity index (χ3n) is 4.72. The fourth-order valence-corrected chi connectivity index (χ4v) is 5.67. The Morgan fingerprint density at radius 1 is 0.806 bits per heavy atom. The van der Waals surface area contributed by atoms with E-state index in [2.05, 4.69) is 35.3 Å². The number of nitrogens with zero attached hydrogens (tertiary/aromatic N) is 2. The van der Waals surface area contributed by atoms with Gasteiger partial charge in [-0.15, -0.1) is 0 Å². The number of phenols is 1. The first-order valence-electron chi connectivity index (χ1n) is 9.64. The van der Waals surface area contributed by atoms with Gasteiger partial charge in [-0.25, -0.2) is 0 Å². The highest BCUT2D eigenvalue weighted by Gasteiger charge is 2.18. The second-order valence-corrected chi connectivity index (χ2v) is 8.94. The van der Waals surface area contributed by atoms with Crippen LogP contribution >= 0.6 is 7.92 Å². The van der Waals surface area contributed by atoms with E-state index in [1.807, 2.05) is 54.6 Å². The molecule has 4 aromatic rings. The molecular formula is C25H19N2O3P. The monoisotopic (exact) mass is 426 g/mol. The highest BCUT2D eigenvalue weighted by molar-refractivity contribution is 7.80. The first kappa shape index (κ1) is 20.5. The van der Waals surface area contributed by atoms with E-state index in [0.29, 0.717) is 0 Å². The lowest BCUT2D eigenvalue weighted by atomic mass is 10.2. The van der Waals surface area contributed by atoms with E-state index >= 15 is 0 Å². The molecule has 0 bridgehead atoms. The Morgan fingerprint density at radius 3 is 2.00 bits per heavy atom. The van der Waals surface area contributed by atoms with E-state index in [4.69, 9.17) is 0 Å². The van der Waals surface area contributed by atoms with Gasteiger partial charge >= 0.3 is 0 Å². The van der Waals surface area contributed by atoms with Crippen LogP contribution in [0, 0.1) is 10.1 Å². The van der Waals surface area contributed by atoms with Gasteiger partial charge in [-0.1, -0.05) is 84.9 Å². The van der Waals surface area contributed by atoms with Gasteiger partial charge in [0.1, 0.15) is 11.4 Å². The van der Waals surface area contributed by atoms with Crippen LogP contribution in [0.2, 0.25) is 0 Å². The molecule has 4 aromatic carbocycles. The van der Waals surface area contributed by atoms with Gasteiger partial charge < -0.3 is 5.11 Å². The van der Waals surface area contributed by atoms with E-state index < -0.39 is 12.8 Å². The number of aliphatic imine (C=N–C) groups is 1. The Morgan fingerprint density at radius 2 is 1.39 bits per heavy atom. The van der Waals surface area contributed by atoms with Crippen LogP contribution in [0.15, 0.2) is 108 Å². The summed E-state index contributed by atoms with van der Waals surface area (Å²) in [5.74, 6) is -0.104. The molecule has 0 aliphatic carbocycles. The van der Waals surface area contributed by atoms with Crippen molar-refractivity contribution in [3.63, 3.8) is 0 Å². The maximum Gasteiger partial charge on any atom is 0.271 e. The third-order valence-corrected chi connectivity index (χ3v) is 7.24. The van der Waals surface area contributed by atoms with Crippen LogP contribution < -0.4 is 15.9 Å². The summed E-state index contributed by atoms with van der Waals surface area (Å²) in [6.45, 7) is 0. The number of hydrogen-bond acceptors (Lipinski definition) is 4. The Labute approximate surface area is 181 Å². The van der Waals surface area contributed by atoms with Gasteiger partial charge in [0.2, 0.25) is 0 Å². The molecule has 5 nitrogen and oxygen atoms in total. The normalized spacial score (nSPS) is 11.1. The maximum absolute atomic E-state index is 11.1. The van der Waals surface area contributed by atoms with Gasteiger partial charge in [0.25, 0.3) is 5.69 Å². The van der Waals surface area contributed by atoms with Crippen LogP contribution in [0.3, 0.4) is 0 Å². The van der Waals surface area contributed by atoms with Crippen LogP contribution in [0.4, 0.5) is 11.4 Å². The van der Waals surface area contributed by atoms with E-state index in [-0.39, 0.29) is 17.1 Å². The lowest BCUT2D eigenvalue weighted by Gasteiger charge is -2.21. The zero-order chi connectivity index (χ0) is 21.6. The van der Waals surface area contributed by atoms with Gasteiger partial charge in [0, 0.05) is 23.9 Å². The first-order chi connectivity index (χ1) is 15.1. The van der Waals surface area contributed by atoms with Crippen LogP contribution in [-0.4, -0.2) is 16.2 Å². The highest BCUT2D eigenvalue weighted by atomic mass is 31.1. The molecule has 0 saturated heterocycles. The van der Waals surface area contributed by atoms with Gasteiger partial charge in [0.15, 0.2) is 0 Å². The summed E-state index contributed by atoms with van der Waals surface area (Å²) < 4.78 is 0. The van der Waals surface area contributed by atoms with E-state index in [9.17, 15) is 15.2 Å². The molecular weight excluding hydrogens is 407 g/mol. The average molecular weight is 426 g/mol.